The Morgan fingerprint density at radius 1 is 1.48 bits per heavy atom. The minimum Gasteiger partial charge on any atom is -0.389 e. The van der Waals surface area contributed by atoms with Gasteiger partial charge in [0.25, 0.3) is 0 Å². The van der Waals surface area contributed by atoms with Gasteiger partial charge in [0.05, 0.1) is 5.75 Å². The third-order valence-corrected chi connectivity index (χ3v) is 5.52. The zero-order chi connectivity index (χ0) is 15.7. The molecule has 6 heteroatoms. The standard InChI is InChI=1S/C15H22N2O2S2/c1-15(2)7-6-13(9-15)17-21(18,19)10-11-4-3-5-12(8-11)14(16)20/h3-5,8,13,17H,6-7,9-10H2,1-2H3,(H2,16,20). The highest BCUT2D eigenvalue weighted by molar-refractivity contribution is 7.88. The van der Waals surface area contributed by atoms with Crippen LogP contribution in [0.4, 0.5) is 0 Å². The summed E-state index contributed by atoms with van der Waals surface area (Å²) in [7, 11) is -3.34. The lowest BCUT2D eigenvalue weighted by atomic mass is 9.92. The number of sulfonamides is 1. The van der Waals surface area contributed by atoms with Gasteiger partial charge in [-0.2, -0.15) is 0 Å². The van der Waals surface area contributed by atoms with E-state index in [9.17, 15) is 8.42 Å². The van der Waals surface area contributed by atoms with E-state index in [2.05, 4.69) is 18.6 Å². The summed E-state index contributed by atoms with van der Waals surface area (Å²) in [6, 6.07) is 7.12. The number of hydrogen-bond acceptors (Lipinski definition) is 3. The zero-order valence-corrected chi connectivity index (χ0v) is 14.1. The van der Waals surface area contributed by atoms with Crippen LogP contribution in [-0.2, 0) is 15.8 Å². The fraction of sp³-hybridized carbons (Fsp3) is 0.533. The van der Waals surface area contributed by atoms with Crippen molar-refractivity contribution in [2.45, 2.75) is 44.9 Å². The smallest absolute Gasteiger partial charge is 0.216 e. The van der Waals surface area contributed by atoms with Crippen molar-refractivity contribution in [3.05, 3.63) is 35.4 Å². The normalized spacial score (nSPS) is 21.3. The summed E-state index contributed by atoms with van der Waals surface area (Å²) in [5.41, 5.74) is 7.19. The molecule has 0 saturated heterocycles. The van der Waals surface area contributed by atoms with Crippen LogP contribution in [0.5, 0.6) is 0 Å². The van der Waals surface area contributed by atoms with Crippen molar-refractivity contribution in [3.63, 3.8) is 0 Å². The van der Waals surface area contributed by atoms with E-state index in [-0.39, 0.29) is 22.2 Å². The number of nitrogens with one attached hydrogen (secondary N) is 1. The molecule has 0 radical (unpaired) electrons. The second-order valence-corrected chi connectivity index (χ2v) is 8.74. The maximum Gasteiger partial charge on any atom is 0.216 e. The van der Waals surface area contributed by atoms with E-state index >= 15 is 0 Å². The number of benzene rings is 1. The molecular weight excluding hydrogens is 304 g/mol. The molecule has 116 valence electrons. The predicted molar refractivity (Wildman–Crippen MR) is 89.5 cm³/mol. The molecule has 3 N–H and O–H groups in total. The first-order chi connectivity index (χ1) is 9.67. The highest BCUT2D eigenvalue weighted by atomic mass is 32.2. The molecule has 0 bridgehead atoms. The first-order valence-electron chi connectivity index (χ1n) is 7.06. The van der Waals surface area contributed by atoms with Gasteiger partial charge in [0, 0.05) is 11.6 Å². The monoisotopic (exact) mass is 326 g/mol. The Hall–Kier alpha value is -0.980. The summed E-state index contributed by atoms with van der Waals surface area (Å²) in [6.07, 6.45) is 2.84. The molecule has 1 aliphatic rings. The SMILES string of the molecule is CC1(C)CCC(NS(=O)(=O)Cc2cccc(C(N)=S)c2)C1. The average Bonchev–Trinajstić information content (AvgIpc) is 2.67. The van der Waals surface area contributed by atoms with Gasteiger partial charge in [-0.1, -0.05) is 44.3 Å². The highest BCUT2D eigenvalue weighted by Crippen LogP contribution is 2.37. The highest BCUT2D eigenvalue weighted by Gasteiger charge is 2.33. The summed E-state index contributed by atoms with van der Waals surface area (Å²) < 4.78 is 27.4. The Labute approximate surface area is 132 Å². The Bertz CT molecular complexity index is 639. The fourth-order valence-electron chi connectivity index (χ4n) is 2.87. The van der Waals surface area contributed by atoms with Gasteiger partial charge in [-0.05, 0) is 36.3 Å². The lowest BCUT2D eigenvalue weighted by Crippen LogP contribution is -2.34. The Morgan fingerprint density at radius 2 is 2.19 bits per heavy atom. The molecule has 0 spiro atoms. The maximum atomic E-state index is 12.3. The van der Waals surface area contributed by atoms with Crippen LogP contribution < -0.4 is 10.5 Å². The third kappa shape index (κ3) is 4.76. The maximum absolute atomic E-state index is 12.3. The summed E-state index contributed by atoms with van der Waals surface area (Å²) in [5, 5.41) is 0. The van der Waals surface area contributed by atoms with E-state index in [1.807, 2.05) is 0 Å². The van der Waals surface area contributed by atoms with Crippen LogP contribution in [0.25, 0.3) is 0 Å². The van der Waals surface area contributed by atoms with E-state index in [4.69, 9.17) is 18.0 Å². The van der Waals surface area contributed by atoms with Crippen LogP contribution in [-0.4, -0.2) is 19.4 Å². The number of nitrogens with two attached hydrogens (primary N) is 1. The molecule has 1 unspecified atom stereocenters. The Kier molecular flexibility index (Phi) is 4.70. The molecule has 1 saturated carbocycles. The van der Waals surface area contributed by atoms with Crippen molar-refractivity contribution in [3.8, 4) is 0 Å². The van der Waals surface area contributed by atoms with E-state index < -0.39 is 10.0 Å². The average molecular weight is 326 g/mol. The fourth-order valence-corrected chi connectivity index (χ4v) is 4.40. The van der Waals surface area contributed by atoms with Crippen molar-refractivity contribution in [2.24, 2.45) is 11.1 Å². The third-order valence-electron chi connectivity index (χ3n) is 3.88. The van der Waals surface area contributed by atoms with E-state index in [1.165, 1.54) is 0 Å². The van der Waals surface area contributed by atoms with Crippen molar-refractivity contribution in [1.29, 1.82) is 0 Å². The molecule has 1 aromatic rings. The zero-order valence-electron chi connectivity index (χ0n) is 12.4. The summed E-state index contributed by atoms with van der Waals surface area (Å²) in [6.45, 7) is 4.35. The van der Waals surface area contributed by atoms with Gasteiger partial charge in [0.2, 0.25) is 10.0 Å². The number of rotatable bonds is 5. The number of hydrogen-bond donors (Lipinski definition) is 2. The molecule has 0 aromatic heterocycles. The summed E-state index contributed by atoms with van der Waals surface area (Å²) >= 11 is 4.92. The van der Waals surface area contributed by atoms with Crippen molar-refractivity contribution in [1.82, 2.24) is 4.72 Å². The lowest BCUT2D eigenvalue weighted by molar-refractivity contribution is 0.372. The molecule has 1 fully saturated rings. The largest absolute Gasteiger partial charge is 0.389 e. The minimum atomic E-state index is -3.34. The Morgan fingerprint density at radius 3 is 2.76 bits per heavy atom. The molecule has 0 amide bonds. The van der Waals surface area contributed by atoms with Gasteiger partial charge in [0.15, 0.2) is 0 Å². The van der Waals surface area contributed by atoms with E-state index in [0.29, 0.717) is 11.1 Å². The van der Waals surface area contributed by atoms with Crippen LogP contribution in [0.1, 0.15) is 44.2 Å². The minimum absolute atomic E-state index is 0.0413. The van der Waals surface area contributed by atoms with E-state index in [1.54, 1.807) is 24.3 Å². The van der Waals surface area contributed by atoms with Crippen LogP contribution in [0.15, 0.2) is 24.3 Å². The van der Waals surface area contributed by atoms with Crippen LogP contribution in [0.2, 0.25) is 0 Å². The molecule has 1 aromatic carbocycles. The van der Waals surface area contributed by atoms with E-state index in [0.717, 1.165) is 19.3 Å². The topological polar surface area (TPSA) is 72.2 Å². The van der Waals surface area contributed by atoms with Gasteiger partial charge in [0.1, 0.15) is 4.99 Å². The van der Waals surface area contributed by atoms with Crippen LogP contribution in [0, 0.1) is 5.41 Å². The molecule has 21 heavy (non-hydrogen) atoms. The van der Waals surface area contributed by atoms with Gasteiger partial charge in [-0.15, -0.1) is 0 Å². The summed E-state index contributed by atoms with van der Waals surface area (Å²) in [4.78, 5) is 0.278. The number of thiocarbonyl (C=S) groups is 1. The first kappa shape index (κ1) is 16.4. The van der Waals surface area contributed by atoms with Crippen molar-refractivity contribution in [2.75, 3.05) is 0 Å². The molecule has 0 heterocycles. The second kappa shape index (κ2) is 6.02. The quantitative estimate of drug-likeness (QED) is 0.815. The Balaban J connectivity index is 2.04. The van der Waals surface area contributed by atoms with Gasteiger partial charge < -0.3 is 5.73 Å². The second-order valence-electron chi connectivity index (χ2n) is 6.55. The molecule has 1 aliphatic carbocycles. The molecular formula is C15H22N2O2S2. The van der Waals surface area contributed by atoms with Gasteiger partial charge >= 0.3 is 0 Å². The van der Waals surface area contributed by atoms with Crippen LogP contribution in [0.3, 0.4) is 0 Å². The predicted octanol–water partition coefficient (Wildman–Crippen LogP) is 2.32. The first-order valence-corrected chi connectivity index (χ1v) is 9.12. The summed E-state index contributed by atoms with van der Waals surface area (Å²) in [5.74, 6) is -0.0413. The lowest BCUT2D eigenvalue weighted by Gasteiger charge is -2.18. The molecule has 2 rings (SSSR count). The van der Waals surface area contributed by atoms with Gasteiger partial charge in [-0.3, -0.25) is 0 Å². The molecule has 4 nitrogen and oxygen atoms in total. The molecule has 0 aliphatic heterocycles. The van der Waals surface area contributed by atoms with Crippen molar-refractivity contribution < 1.29 is 8.42 Å². The van der Waals surface area contributed by atoms with Crippen LogP contribution >= 0.6 is 12.2 Å². The van der Waals surface area contributed by atoms with Gasteiger partial charge in [-0.25, -0.2) is 13.1 Å². The molecule has 1 atom stereocenters. The van der Waals surface area contributed by atoms with Crippen molar-refractivity contribution >= 4 is 27.2 Å².